The summed E-state index contributed by atoms with van der Waals surface area (Å²) in [6.45, 7) is 4.02. The number of carbonyl (C=O) groups is 2. The van der Waals surface area contributed by atoms with Crippen molar-refractivity contribution in [2.24, 2.45) is 0 Å². The fourth-order valence-corrected chi connectivity index (χ4v) is 2.03. The minimum Gasteiger partial charge on any atom is -0.494 e. The molecule has 0 bridgehead atoms. The molecule has 2 rings (SSSR count). The Labute approximate surface area is 140 Å². The van der Waals surface area contributed by atoms with Crippen LogP contribution in [-0.4, -0.2) is 24.6 Å². The summed E-state index contributed by atoms with van der Waals surface area (Å²) in [6.07, 6.45) is 1.28. The van der Waals surface area contributed by atoms with E-state index in [0.29, 0.717) is 24.5 Å². The molecular weight excluding hydrogens is 310 g/mol. The molecule has 0 spiro atoms. The number of benzene rings is 1. The van der Waals surface area contributed by atoms with E-state index in [0.717, 1.165) is 5.75 Å². The van der Waals surface area contributed by atoms with E-state index in [4.69, 9.17) is 13.9 Å². The highest BCUT2D eigenvalue weighted by Crippen LogP contribution is 2.16. The van der Waals surface area contributed by atoms with Crippen LogP contribution in [0, 0.1) is 0 Å². The summed E-state index contributed by atoms with van der Waals surface area (Å²) in [5.41, 5.74) is 0.613. The van der Waals surface area contributed by atoms with Gasteiger partial charge >= 0.3 is 5.97 Å². The maximum absolute atomic E-state index is 12.1. The summed E-state index contributed by atoms with van der Waals surface area (Å²) in [5.74, 6) is 0.609. The second kappa shape index (κ2) is 8.76. The molecule has 6 nitrogen and oxygen atoms in total. The number of esters is 1. The first kappa shape index (κ1) is 17.6. The van der Waals surface area contributed by atoms with E-state index in [-0.39, 0.29) is 12.3 Å². The van der Waals surface area contributed by atoms with Crippen molar-refractivity contribution < 1.29 is 23.5 Å². The monoisotopic (exact) mass is 331 g/mol. The van der Waals surface area contributed by atoms with Crippen LogP contribution < -0.4 is 10.1 Å². The van der Waals surface area contributed by atoms with Gasteiger partial charge in [0.25, 0.3) is 5.91 Å². The number of ether oxygens (including phenoxy) is 2. The quantitative estimate of drug-likeness (QED) is 0.752. The second-order valence-electron chi connectivity index (χ2n) is 5.16. The van der Waals surface area contributed by atoms with E-state index in [1.165, 1.54) is 6.92 Å². The molecule has 1 aromatic heterocycles. The maximum Gasteiger partial charge on any atom is 0.307 e. The van der Waals surface area contributed by atoms with Crippen LogP contribution in [0.15, 0.2) is 47.1 Å². The number of rotatable bonds is 8. The summed E-state index contributed by atoms with van der Waals surface area (Å²) in [5, 5.41) is 2.70. The summed E-state index contributed by atoms with van der Waals surface area (Å²) < 4.78 is 15.6. The fourth-order valence-electron chi connectivity index (χ4n) is 2.03. The van der Waals surface area contributed by atoms with Gasteiger partial charge in [-0.1, -0.05) is 0 Å². The molecule has 2 aromatic rings. The first-order valence-corrected chi connectivity index (χ1v) is 7.84. The molecule has 0 fully saturated rings. The van der Waals surface area contributed by atoms with Crippen LogP contribution in [0.5, 0.6) is 5.75 Å². The largest absolute Gasteiger partial charge is 0.494 e. The SMILES string of the molecule is CCOc1ccc(NC(=O)[C@@H](C)OC(=O)CCc2ccco2)cc1. The van der Waals surface area contributed by atoms with E-state index in [1.807, 2.05) is 6.92 Å². The molecule has 0 radical (unpaired) electrons. The Kier molecular flexibility index (Phi) is 6.42. The van der Waals surface area contributed by atoms with E-state index in [9.17, 15) is 9.59 Å². The van der Waals surface area contributed by atoms with E-state index in [1.54, 1.807) is 42.7 Å². The van der Waals surface area contributed by atoms with Crippen LogP contribution in [0.3, 0.4) is 0 Å². The number of anilines is 1. The molecule has 1 amide bonds. The molecule has 0 saturated carbocycles. The van der Waals surface area contributed by atoms with Crippen molar-refractivity contribution in [3.63, 3.8) is 0 Å². The molecule has 24 heavy (non-hydrogen) atoms. The average molecular weight is 331 g/mol. The minimum absolute atomic E-state index is 0.161. The molecule has 0 aliphatic rings. The van der Waals surface area contributed by atoms with E-state index >= 15 is 0 Å². The van der Waals surface area contributed by atoms with E-state index < -0.39 is 12.1 Å². The van der Waals surface area contributed by atoms with Gasteiger partial charge in [-0.05, 0) is 50.2 Å². The molecule has 0 aliphatic heterocycles. The predicted molar refractivity (Wildman–Crippen MR) is 88.8 cm³/mol. The third kappa shape index (κ3) is 5.46. The minimum atomic E-state index is -0.874. The van der Waals surface area contributed by atoms with Gasteiger partial charge in [0.15, 0.2) is 6.10 Å². The third-order valence-electron chi connectivity index (χ3n) is 3.27. The van der Waals surface area contributed by atoms with Gasteiger partial charge in [-0.15, -0.1) is 0 Å². The molecule has 128 valence electrons. The molecule has 1 N–H and O–H groups in total. The summed E-state index contributed by atoms with van der Waals surface area (Å²) in [7, 11) is 0. The summed E-state index contributed by atoms with van der Waals surface area (Å²) in [6, 6.07) is 10.5. The average Bonchev–Trinajstić information content (AvgIpc) is 3.08. The molecule has 1 aromatic carbocycles. The third-order valence-corrected chi connectivity index (χ3v) is 3.27. The lowest BCUT2D eigenvalue weighted by Crippen LogP contribution is -2.30. The number of aryl methyl sites for hydroxylation is 1. The van der Waals surface area contributed by atoms with Gasteiger partial charge in [0, 0.05) is 12.1 Å². The number of furan rings is 1. The number of amides is 1. The van der Waals surface area contributed by atoms with Crippen LogP contribution in [0.2, 0.25) is 0 Å². The van der Waals surface area contributed by atoms with E-state index in [2.05, 4.69) is 5.32 Å². The lowest BCUT2D eigenvalue weighted by Gasteiger charge is -2.13. The Morgan fingerprint density at radius 1 is 1.21 bits per heavy atom. The van der Waals surface area contributed by atoms with Crippen molar-refractivity contribution in [2.45, 2.75) is 32.8 Å². The van der Waals surface area contributed by atoms with Crippen molar-refractivity contribution in [3.05, 3.63) is 48.4 Å². The highest BCUT2D eigenvalue weighted by Gasteiger charge is 2.18. The first-order chi connectivity index (χ1) is 11.6. The van der Waals surface area contributed by atoms with Crippen LogP contribution in [0.25, 0.3) is 0 Å². The van der Waals surface area contributed by atoms with Gasteiger partial charge in [-0.3, -0.25) is 9.59 Å². The van der Waals surface area contributed by atoms with Crippen molar-refractivity contribution >= 4 is 17.6 Å². The van der Waals surface area contributed by atoms with Crippen LogP contribution in [0.1, 0.15) is 26.0 Å². The van der Waals surface area contributed by atoms with Crippen molar-refractivity contribution in [2.75, 3.05) is 11.9 Å². The Hall–Kier alpha value is -2.76. The van der Waals surface area contributed by atoms with Gasteiger partial charge in [0.05, 0.1) is 19.3 Å². The van der Waals surface area contributed by atoms with Gasteiger partial charge in [-0.2, -0.15) is 0 Å². The summed E-state index contributed by atoms with van der Waals surface area (Å²) in [4.78, 5) is 23.8. The first-order valence-electron chi connectivity index (χ1n) is 7.84. The zero-order valence-corrected chi connectivity index (χ0v) is 13.8. The zero-order valence-electron chi connectivity index (χ0n) is 13.8. The normalized spacial score (nSPS) is 11.6. The summed E-state index contributed by atoms with van der Waals surface area (Å²) >= 11 is 0. The van der Waals surface area contributed by atoms with Crippen LogP contribution in [-0.2, 0) is 20.7 Å². The second-order valence-corrected chi connectivity index (χ2v) is 5.16. The maximum atomic E-state index is 12.1. The lowest BCUT2D eigenvalue weighted by molar-refractivity contribution is -0.153. The van der Waals surface area contributed by atoms with Gasteiger partial charge < -0.3 is 19.2 Å². The highest BCUT2D eigenvalue weighted by atomic mass is 16.5. The van der Waals surface area contributed by atoms with Crippen molar-refractivity contribution in [3.8, 4) is 5.75 Å². The number of nitrogens with one attached hydrogen (secondary N) is 1. The number of hydrogen-bond donors (Lipinski definition) is 1. The highest BCUT2D eigenvalue weighted by molar-refractivity contribution is 5.95. The Morgan fingerprint density at radius 3 is 2.58 bits per heavy atom. The predicted octanol–water partition coefficient (Wildman–Crippen LogP) is 3.18. The standard InChI is InChI=1S/C18H21NO5/c1-3-22-16-8-6-14(7-9-16)19-18(21)13(2)24-17(20)11-10-15-5-4-12-23-15/h4-9,12-13H,3,10-11H2,1-2H3,(H,19,21)/t13-/m1/s1. The van der Waals surface area contributed by atoms with Gasteiger partial charge in [-0.25, -0.2) is 0 Å². The van der Waals surface area contributed by atoms with Gasteiger partial charge in [0.1, 0.15) is 11.5 Å². The Bertz CT molecular complexity index is 649. The molecule has 0 saturated heterocycles. The van der Waals surface area contributed by atoms with Gasteiger partial charge in [0.2, 0.25) is 0 Å². The molecule has 1 heterocycles. The zero-order chi connectivity index (χ0) is 17.4. The smallest absolute Gasteiger partial charge is 0.307 e. The Balaban J connectivity index is 1.77. The molecule has 0 unspecified atom stereocenters. The van der Waals surface area contributed by atoms with Crippen molar-refractivity contribution in [1.29, 1.82) is 0 Å². The Morgan fingerprint density at radius 2 is 1.96 bits per heavy atom. The van der Waals surface area contributed by atoms with Crippen LogP contribution >= 0.6 is 0 Å². The topological polar surface area (TPSA) is 77.8 Å². The fraction of sp³-hybridized carbons (Fsp3) is 0.333. The molecular formula is C18H21NO5. The number of carbonyl (C=O) groups excluding carboxylic acids is 2. The molecule has 6 heteroatoms. The molecule has 0 aliphatic carbocycles. The van der Waals surface area contributed by atoms with Crippen molar-refractivity contribution in [1.82, 2.24) is 0 Å². The lowest BCUT2D eigenvalue weighted by atomic mass is 10.2. The van der Waals surface area contributed by atoms with Crippen LogP contribution in [0.4, 0.5) is 5.69 Å². The number of hydrogen-bond acceptors (Lipinski definition) is 5. The molecule has 1 atom stereocenters.